The predicted molar refractivity (Wildman–Crippen MR) is 147 cm³/mol. The van der Waals surface area contributed by atoms with E-state index in [9.17, 15) is 0 Å². The SMILES string of the molecule is CCOc1ccc(-n2c(SCc3c(C)cc(C(C)(C)C)cc3C)nnc2-c2cccc(C)c2)cc1. The summed E-state index contributed by atoms with van der Waals surface area (Å²) < 4.78 is 7.81. The third kappa shape index (κ3) is 5.62. The minimum atomic E-state index is 0.137. The monoisotopic (exact) mass is 485 g/mol. The molecule has 1 heterocycles. The quantitative estimate of drug-likeness (QED) is 0.250. The summed E-state index contributed by atoms with van der Waals surface area (Å²) >= 11 is 1.73. The Morgan fingerprint density at radius 3 is 2.17 bits per heavy atom. The first kappa shape index (κ1) is 25.1. The van der Waals surface area contributed by atoms with Crippen molar-refractivity contribution in [2.45, 2.75) is 64.8 Å². The van der Waals surface area contributed by atoms with Crippen LogP contribution in [0.3, 0.4) is 0 Å². The Labute approximate surface area is 213 Å². The van der Waals surface area contributed by atoms with Crippen LogP contribution in [0.25, 0.3) is 17.1 Å². The van der Waals surface area contributed by atoms with Crippen LogP contribution in [0.5, 0.6) is 5.75 Å². The fourth-order valence-electron chi connectivity index (χ4n) is 4.22. The molecule has 0 amide bonds. The normalized spacial score (nSPS) is 11.6. The second kappa shape index (κ2) is 10.3. The van der Waals surface area contributed by atoms with Crippen molar-refractivity contribution in [1.29, 1.82) is 0 Å². The molecule has 1 aromatic heterocycles. The van der Waals surface area contributed by atoms with Crippen LogP contribution in [0.2, 0.25) is 0 Å². The molecule has 0 N–H and O–H groups in total. The van der Waals surface area contributed by atoms with Crippen LogP contribution in [0.15, 0.2) is 65.8 Å². The predicted octanol–water partition coefficient (Wildman–Crippen LogP) is 7.85. The van der Waals surface area contributed by atoms with Crippen LogP contribution >= 0.6 is 11.8 Å². The second-order valence-corrected chi connectivity index (χ2v) is 11.0. The molecule has 0 saturated heterocycles. The number of aryl methyl sites for hydroxylation is 3. The first-order valence-electron chi connectivity index (χ1n) is 12.2. The van der Waals surface area contributed by atoms with E-state index >= 15 is 0 Å². The van der Waals surface area contributed by atoms with E-state index in [1.54, 1.807) is 11.8 Å². The maximum absolute atomic E-state index is 5.66. The molecular formula is C30H35N3OS. The molecule has 35 heavy (non-hydrogen) atoms. The van der Waals surface area contributed by atoms with E-state index in [4.69, 9.17) is 4.74 Å². The van der Waals surface area contributed by atoms with E-state index in [2.05, 4.69) is 105 Å². The topological polar surface area (TPSA) is 39.9 Å². The minimum absolute atomic E-state index is 0.137. The summed E-state index contributed by atoms with van der Waals surface area (Å²) in [6, 6.07) is 21.2. The van der Waals surface area contributed by atoms with Gasteiger partial charge in [-0.15, -0.1) is 10.2 Å². The molecule has 0 bridgehead atoms. The highest BCUT2D eigenvalue weighted by atomic mass is 32.2. The Morgan fingerprint density at radius 2 is 1.57 bits per heavy atom. The minimum Gasteiger partial charge on any atom is -0.494 e. The number of ether oxygens (including phenoxy) is 1. The number of hydrogen-bond acceptors (Lipinski definition) is 4. The van der Waals surface area contributed by atoms with Crippen molar-refractivity contribution in [1.82, 2.24) is 14.8 Å². The fraction of sp³-hybridized carbons (Fsp3) is 0.333. The smallest absolute Gasteiger partial charge is 0.196 e. The number of hydrogen-bond donors (Lipinski definition) is 0. The van der Waals surface area contributed by atoms with Crippen molar-refractivity contribution in [3.05, 3.63) is 88.5 Å². The standard InChI is InChI=1S/C30H35N3OS/c1-8-34-26-14-12-25(13-15-26)33-28(23-11-9-10-20(2)16-23)31-32-29(33)35-19-27-21(3)17-24(18-22(27)4)30(5,6)7/h9-18H,8,19H2,1-7H3. The average molecular weight is 486 g/mol. The fourth-order valence-corrected chi connectivity index (χ4v) is 5.36. The van der Waals surface area contributed by atoms with Crippen LogP contribution in [0, 0.1) is 20.8 Å². The lowest BCUT2D eigenvalue weighted by atomic mass is 9.84. The van der Waals surface area contributed by atoms with Gasteiger partial charge in [0.05, 0.1) is 6.61 Å². The van der Waals surface area contributed by atoms with Crippen molar-refractivity contribution >= 4 is 11.8 Å². The van der Waals surface area contributed by atoms with E-state index in [0.717, 1.165) is 33.7 Å². The highest BCUT2D eigenvalue weighted by Gasteiger charge is 2.19. The van der Waals surface area contributed by atoms with Gasteiger partial charge in [-0.25, -0.2) is 0 Å². The van der Waals surface area contributed by atoms with Crippen LogP contribution in [-0.2, 0) is 11.2 Å². The van der Waals surface area contributed by atoms with Crippen molar-refractivity contribution in [3.63, 3.8) is 0 Å². The number of aromatic nitrogens is 3. The van der Waals surface area contributed by atoms with Gasteiger partial charge in [0.1, 0.15) is 5.75 Å². The van der Waals surface area contributed by atoms with E-state index in [1.165, 1.54) is 27.8 Å². The van der Waals surface area contributed by atoms with Gasteiger partial charge in [0.15, 0.2) is 11.0 Å². The lowest BCUT2D eigenvalue weighted by Crippen LogP contribution is -2.12. The lowest BCUT2D eigenvalue weighted by molar-refractivity contribution is 0.340. The first-order chi connectivity index (χ1) is 16.7. The second-order valence-electron chi connectivity index (χ2n) is 10.1. The Kier molecular flexibility index (Phi) is 7.36. The Balaban J connectivity index is 1.72. The zero-order chi connectivity index (χ0) is 25.2. The van der Waals surface area contributed by atoms with Gasteiger partial charge in [-0.3, -0.25) is 4.57 Å². The number of benzene rings is 3. The highest BCUT2D eigenvalue weighted by Crippen LogP contribution is 2.33. The molecule has 4 rings (SSSR count). The molecule has 4 aromatic rings. The molecule has 0 saturated carbocycles. The molecule has 0 fully saturated rings. The van der Waals surface area contributed by atoms with E-state index < -0.39 is 0 Å². The molecule has 5 heteroatoms. The summed E-state index contributed by atoms with van der Waals surface area (Å²) in [4.78, 5) is 0. The van der Waals surface area contributed by atoms with Gasteiger partial charge < -0.3 is 4.74 Å². The van der Waals surface area contributed by atoms with Gasteiger partial charge >= 0.3 is 0 Å². The van der Waals surface area contributed by atoms with E-state index in [0.29, 0.717) is 6.61 Å². The Morgan fingerprint density at radius 1 is 0.886 bits per heavy atom. The van der Waals surface area contributed by atoms with Gasteiger partial charge in [0.25, 0.3) is 0 Å². The van der Waals surface area contributed by atoms with Crippen LogP contribution in [-0.4, -0.2) is 21.4 Å². The van der Waals surface area contributed by atoms with Crippen molar-refractivity contribution in [3.8, 4) is 22.8 Å². The molecule has 0 radical (unpaired) electrons. The summed E-state index contributed by atoms with van der Waals surface area (Å²) in [5.41, 5.74) is 8.80. The molecule has 3 aromatic carbocycles. The maximum Gasteiger partial charge on any atom is 0.196 e. The molecule has 0 aliphatic heterocycles. The molecule has 0 atom stereocenters. The Hall–Kier alpha value is -3.05. The zero-order valence-electron chi connectivity index (χ0n) is 21.8. The summed E-state index contributed by atoms with van der Waals surface area (Å²) in [5.74, 6) is 2.54. The summed E-state index contributed by atoms with van der Waals surface area (Å²) in [6.07, 6.45) is 0. The molecule has 0 aliphatic carbocycles. The van der Waals surface area contributed by atoms with Crippen molar-refractivity contribution in [2.24, 2.45) is 0 Å². The van der Waals surface area contributed by atoms with Gasteiger partial charge in [0, 0.05) is 17.0 Å². The van der Waals surface area contributed by atoms with Crippen LogP contribution in [0.4, 0.5) is 0 Å². The van der Waals surface area contributed by atoms with Crippen molar-refractivity contribution in [2.75, 3.05) is 6.61 Å². The van der Waals surface area contributed by atoms with Crippen LogP contribution in [0.1, 0.15) is 55.5 Å². The molecule has 0 spiro atoms. The largest absolute Gasteiger partial charge is 0.494 e. The van der Waals surface area contributed by atoms with Crippen molar-refractivity contribution < 1.29 is 4.74 Å². The first-order valence-corrected chi connectivity index (χ1v) is 13.1. The van der Waals surface area contributed by atoms with Gasteiger partial charge in [0.2, 0.25) is 0 Å². The zero-order valence-corrected chi connectivity index (χ0v) is 22.7. The van der Waals surface area contributed by atoms with Gasteiger partial charge in [-0.1, -0.05) is 68.4 Å². The number of nitrogens with zero attached hydrogens (tertiary/aromatic N) is 3. The molecular weight excluding hydrogens is 450 g/mol. The van der Waals surface area contributed by atoms with E-state index in [1.807, 2.05) is 19.1 Å². The average Bonchev–Trinajstić information content (AvgIpc) is 3.22. The number of rotatable bonds is 7. The van der Waals surface area contributed by atoms with Crippen LogP contribution < -0.4 is 4.74 Å². The molecule has 4 nitrogen and oxygen atoms in total. The summed E-state index contributed by atoms with van der Waals surface area (Å²) in [6.45, 7) is 16.0. The summed E-state index contributed by atoms with van der Waals surface area (Å²) in [7, 11) is 0. The third-order valence-corrected chi connectivity index (χ3v) is 7.18. The van der Waals surface area contributed by atoms with Gasteiger partial charge in [-0.05, 0) is 85.7 Å². The number of thioether (sulfide) groups is 1. The Bertz CT molecular complexity index is 1290. The highest BCUT2D eigenvalue weighted by molar-refractivity contribution is 7.98. The molecule has 0 unspecified atom stereocenters. The summed E-state index contributed by atoms with van der Waals surface area (Å²) in [5, 5.41) is 10.1. The lowest BCUT2D eigenvalue weighted by Gasteiger charge is -2.22. The van der Waals surface area contributed by atoms with E-state index in [-0.39, 0.29) is 5.41 Å². The molecule has 182 valence electrons. The molecule has 0 aliphatic rings. The third-order valence-electron chi connectivity index (χ3n) is 6.22. The maximum atomic E-state index is 5.66. The van der Waals surface area contributed by atoms with Gasteiger partial charge in [-0.2, -0.15) is 0 Å².